The Kier molecular flexibility index (Phi) is 5.65. The summed E-state index contributed by atoms with van der Waals surface area (Å²) in [7, 11) is 0. The molecule has 25 heavy (non-hydrogen) atoms. The van der Waals surface area contributed by atoms with E-state index in [2.05, 4.69) is 4.99 Å². The SMILES string of the molecule is CCn1c(=NC(=O)CCSc2ccc(F)cc2)sc2cc(F)ccc21. The topological polar surface area (TPSA) is 34.4 Å². The van der Waals surface area contributed by atoms with Crippen LogP contribution in [-0.4, -0.2) is 16.2 Å². The second-order valence-corrected chi connectivity index (χ2v) is 7.48. The van der Waals surface area contributed by atoms with E-state index in [0.29, 0.717) is 17.1 Å². The molecule has 1 heterocycles. The minimum Gasteiger partial charge on any atom is -0.317 e. The molecule has 0 aliphatic rings. The van der Waals surface area contributed by atoms with E-state index in [-0.39, 0.29) is 24.0 Å². The molecule has 3 rings (SSSR count). The van der Waals surface area contributed by atoms with Crippen molar-refractivity contribution in [2.24, 2.45) is 4.99 Å². The number of hydrogen-bond donors (Lipinski definition) is 0. The predicted molar refractivity (Wildman–Crippen MR) is 97.8 cm³/mol. The van der Waals surface area contributed by atoms with Crippen molar-refractivity contribution in [2.45, 2.75) is 24.8 Å². The molecule has 130 valence electrons. The molecule has 0 bridgehead atoms. The maximum absolute atomic E-state index is 13.4. The first kappa shape index (κ1) is 17.8. The highest BCUT2D eigenvalue weighted by atomic mass is 32.2. The van der Waals surface area contributed by atoms with Crippen LogP contribution in [0.1, 0.15) is 13.3 Å². The van der Waals surface area contributed by atoms with Crippen molar-refractivity contribution in [3.05, 3.63) is 58.9 Å². The molecule has 3 nitrogen and oxygen atoms in total. The lowest BCUT2D eigenvalue weighted by Gasteiger charge is -2.01. The molecule has 0 radical (unpaired) electrons. The van der Waals surface area contributed by atoms with Gasteiger partial charge in [0.1, 0.15) is 11.6 Å². The molecule has 0 N–H and O–H groups in total. The van der Waals surface area contributed by atoms with Gasteiger partial charge in [0.15, 0.2) is 4.80 Å². The molecule has 2 aromatic carbocycles. The van der Waals surface area contributed by atoms with E-state index in [1.165, 1.54) is 47.4 Å². The van der Waals surface area contributed by atoms with E-state index >= 15 is 0 Å². The second-order valence-electron chi connectivity index (χ2n) is 5.30. The van der Waals surface area contributed by atoms with E-state index in [4.69, 9.17) is 0 Å². The number of halogens is 2. The number of carbonyl (C=O) groups excluding carboxylic acids is 1. The highest BCUT2D eigenvalue weighted by Crippen LogP contribution is 2.20. The summed E-state index contributed by atoms with van der Waals surface area (Å²) in [5.41, 5.74) is 0.876. The molecule has 1 aromatic heterocycles. The highest BCUT2D eigenvalue weighted by molar-refractivity contribution is 7.99. The highest BCUT2D eigenvalue weighted by Gasteiger charge is 2.08. The van der Waals surface area contributed by atoms with Gasteiger partial charge in [0.2, 0.25) is 5.91 Å². The lowest BCUT2D eigenvalue weighted by atomic mass is 10.3. The van der Waals surface area contributed by atoms with E-state index in [9.17, 15) is 13.6 Å². The fourth-order valence-corrected chi connectivity index (χ4v) is 4.36. The van der Waals surface area contributed by atoms with Crippen LogP contribution in [0.2, 0.25) is 0 Å². The van der Waals surface area contributed by atoms with Gasteiger partial charge in [-0.25, -0.2) is 8.78 Å². The number of carbonyl (C=O) groups is 1. The lowest BCUT2D eigenvalue weighted by molar-refractivity contribution is -0.117. The van der Waals surface area contributed by atoms with Crippen LogP contribution >= 0.6 is 23.1 Å². The molecule has 0 aliphatic carbocycles. The van der Waals surface area contributed by atoms with Gasteiger partial charge in [0, 0.05) is 23.6 Å². The zero-order valence-electron chi connectivity index (χ0n) is 13.5. The average molecular weight is 378 g/mol. The Hall–Kier alpha value is -1.99. The molecule has 1 amide bonds. The molecular weight excluding hydrogens is 362 g/mol. The minimum atomic E-state index is -0.300. The summed E-state index contributed by atoms with van der Waals surface area (Å²) in [4.78, 5) is 17.8. The van der Waals surface area contributed by atoms with Gasteiger partial charge in [-0.3, -0.25) is 4.79 Å². The van der Waals surface area contributed by atoms with Gasteiger partial charge in [-0.05, 0) is 49.4 Å². The third-order valence-electron chi connectivity index (χ3n) is 3.58. The number of nitrogens with zero attached hydrogens (tertiary/aromatic N) is 2. The second kappa shape index (κ2) is 7.93. The standard InChI is InChI=1S/C18H16F2N2OS2/c1-2-22-15-8-5-13(20)11-16(15)25-18(22)21-17(23)9-10-24-14-6-3-12(19)4-7-14/h3-8,11H,2,9-10H2,1H3. The number of thiazole rings is 1. The Morgan fingerprint density at radius 2 is 1.88 bits per heavy atom. The lowest BCUT2D eigenvalue weighted by Crippen LogP contribution is -2.15. The fraction of sp³-hybridized carbons (Fsp3) is 0.222. The van der Waals surface area contributed by atoms with Crippen molar-refractivity contribution in [3.8, 4) is 0 Å². The quantitative estimate of drug-likeness (QED) is 0.608. The van der Waals surface area contributed by atoms with Crippen LogP contribution < -0.4 is 4.80 Å². The van der Waals surface area contributed by atoms with E-state index in [0.717, 1.165) is 15.1 Å². The molecular formula is C18H16F2N2OS2. The van der Waals surface area contributed by atoms with Gasteiger partial charge < -0.3 is 4.57 Å². The predicted octanol–water partition coefficient (Wildman–Crippen LogP) is 4.61. The number of aryl methyl sites for hydroxylation is 1. The third kappa shape index (κ3) is 4.35. The van der Waals surface area contributed by atoms with Crippen molar-refractivity contribution in [3.63, 3.8) is 0 Å². The number of thioether (sulfide) groups is 1. The molecule has 0 atom stereocenters. The maximum Gasteiger partial charge on any atom is 0.249 e. The molecule has 0 aliphatic heterocycles. The Bertz CT molecular complexity index is 961. The largest absolute Gasteiger partial charge is 0.317 e. The summed E-state index contributed by atoms with van der Waals surface area (Å²) in [5, 5.41) is 0. The van der Waals surface area contributed by atoms with Gasteiger partial charge in [0.05, 0.1) is 10.2 Å². The zero-order valence-corrected chi connectivity index (χ0v) is 15.2. The number of hydrogen-bond acceptors (Lipinski definition) is 3. The van der Waals surface area contributed by atoms with Gasteiger partial charge >= 0.3 is 0 Å². The summed E-state index contributed by atoms with van der Waals surface area (Å²) < 4.78 is 28.9. The van der Waals surface area contributed by atoms with Crippen molar-refractivity contribution < 1.29 is 13.6 Å². The normalized spacial score (nSPS) is 12.0. The van der Waals surface area contributed by atoms with Crippen LogP contribution in [-0.2, 0) is 11.3 Å². The summed E-state index contributed by atoms with van der Waals surface area (Å²) in [6.45, 7) is 2.62. The Morgan fingerprint density at radius 1 is 1.16 bits per heavy atom. The van der Waals surface area contributed by atoms with E-state index in [1.807, 2.05) is 11.5 Å². The molecule has 0 saturated heterocycles. The molecule has 0 spiro atoms. The number of rotatable bonds is 5. The third-order valence-corrected chi connectivity index (χ3v) is 5.63. The van der Waals surface area contributed by atoms with Crippen LogP contribution in [0, 0.1) is 11.6 Å². The molecule has 7 heteroatoms. The summed E-state index contributed by atoms with van der Waals surface area (Å²) in [5.74, 6) is -0.227. The van der Waals surface area contributed by atoms with Crippen LogP contribution in [0.4, 0.5) is 8.78 Å². The molecule has 0 fully saturated rings. The first-order valence-corrected chi connectivity index (χ1v) is 9.62. The first-order valence-electron chi connectivity index (χ1n) is 7.81. The smallest absolute Gasteiger partial charge is 0.249 e. The van der Waals surface area contributed by atoms with Gasteiger partial charge in [-0.1, -0.05) is 11.3 Å². The number of fused-ring (bicyclic) bond motifs is 1. The van der Waals surface area contributed by atoms with Crippen LogP contribution in [0.25, 0.3) is 10.2 Å². The number of benzene rings is 2. The summed E-state index contributed by atoms with van der Waals surface area (Å²) >= 11 is 2.79. The first-order chi connectivity index (χ1) is 12.1. The summed E-state index contributed by atoms with van der Waals surface area (Å²) in [6, 6.07) is 10.7. The van der Waals surface area contributed by atoms with Gasteiger partial charge in [-0.15, -0.1) is 11.8 Å². The Balaban J connectivity index is 1.72. The van der Waals surface area contributed by atoms with Crippen LogP contribution in [0.15, 0.2) is 52.4 Å². The monoisotopic (exact) mass is 378 g/mol. The molecule has 0 unspecified atom stereocenters. The maximum atomic E-state index is 13.4. The average Bonchev–Trinajstić information content (AvgIpc) is 2.92. The van der Waals surface area contributed by atoms with Crippen molar-refractivity contribution in [1.82, 2.24) is 4.57 Å². The minimum absolute atomic E-state index is 0.219. The summed E-state index contributed by atoms with van der Waals surface area (Å²) in [6.07, 6.45) is 0.286. The van der Waals surface area contributed by atoms with E-state index < -0.39 is 0 Å². The van der Waals surface area contributed by atoms with Gasteiger partial charge in [0.25, 0.3) is 0 Å². The van der Waals surface area contributed by atoms with Crippen molar-refractivity contribution in [1.29, 1.82) is 0 Å². The molecule has 3 aromatic rings. The Morgan fingerprint density at radius 3 is 2.60 bits per heavy atom. The fourth-order valence-electron chi connectivity index (χ4n) is 2.39. The van der Waals surface area contributed by atoms with Crippen molar-refractivity contribution >= 4 is 39.2 Å². The number of amides is 1. The van der Waals surface area contributed by atoms with E-state index in [1.54, 1.807) is 18.2 Å². The van der Waals surface area contributed by atoms with Crippen LogP contribution in [0.5, 0.6) is 0 Å². The van der Waals surface area contributed by atoms with Crippen molar-refractivity contribution in [2.75, 3.05) is 5.75 Å². The van der Waals surface area contributed by atoms with Gasteiger partial charge in [-0.2, -0.15) is 4.99 Å². The zero-order chi connectivity index (χ0) is 17.8. The van der Waals surface area contributed by atoms with Crippen LogP contribution in [0.3, 0.4) is 0 Å². The molecule has 0 saturated carbocycles. The number of aromatic nitrogens is 1. The Labute approximate surface area is 152 Å².